The van der Waals surface area contributed by atoms with Gasteiger partial charge < -0.3 is 5.32 Å². The molecule has 2 nitrogen and oxygen atoms in total. The van der Waals surface area contributed by atoms with Crippen molar-refractivity contribution in [2.24, 2.45) is 0 Å². The molecule has 3 heteroatoms. The zero-order valence-electron chi connectivity index (χ0n) is 10.1. The fourth-order valence-electron chi connectivity index (χ4n) is 1.72. The topological polar surface area (TPSA) is 29.1 Å². The summed E-state index contributed by atoms with van der Waals surface area (Å²) < 4.78 is 12.7. The summed E-state index contributed by atoms with van der Waals surface area (Å²) in [5.74, 6) is -0.883. The highest BCUT2D eigenvalue weighted by Gasteiger charge is 2.13. The predicted molar refractivity (Wildman–Crippen MR) is 68.1 cm³/mol. The maximum atomic E-state index is 12.7. The highest BCUT2D eigenvalue weighted by atomic mass is 19.1. The lowest BCUT2D eigenvalue weighted by molar-refractivity contribution is -0.117. The first kappa shape index (κ1) is 13.4. The lowest BCUT2D eigenvalue weighted by Gasteiger charge is -2.18. The second-order valence-corrected chi connectivity index (χ2v) is 3.99. The zero-order valence-corrected chi connectivity index (χ0v) is 10.1. The SMILES string of the molecule is C=C(F)/C=C(\C=C/C)C(=O)NC1C=CCCC1. The van der Waals surface area contributed by atoms with Gasteiger partial charge in [-0.2, -0.15) is 0 Å². The molecule has 0 saturated heterocycles. The van der Waals surface area contributed by atoms with Gasteiger partial charge in [0.05, 0.1) is 0 Å². The number of hydrogen-bond acceptors (Lipinski definition) is 1. The minimum absolute atomic E-state index is 0.0535. The predicted octanol–water partition coefficient (Wildman–Crippen LogP) is 3.20. The molecule has 1 atom stereocenters. The van der Waals surface area contributed by atoms with Crippen molar-refractivity contribution in [2.45, 2.75) is 32.2 Å². The van der Waals surface area contributed by atoms with E-state index in [2.05, 4.69) is 18.0 Å². The monoisotopic (exact) mass is 235 g/mol. The fraction of sp³-hybridized carbons (Fsp3) is 0.357. The van der Waals surface area contributed by atoms with Gasteiger partial charge in [0.25, 0.3) is 5.91 Å². The quantitative estimate of drug-likeness (QED) is 0.452. The molecule has 0 spiro atoms. The molecule has 1 N–H and O–H groups in total. The van der Waals surface area contributed by atoms with E-state index < -0.39 is 5.83 Å². The van der Waals surface area contributed by atoms with Crippen molar-refractivity contribution in [2.75, 3.05) is 0 Å². The highest BCUT2D eigenvalue weighted by molar-refractivity contribution is 5.96. The molecule has 17 heavy (non-hydrogen) atoms. The molecule has 1 amide bonds. The molecule has 0 aromatic heterocycles. The standard InChI is InChI=1S/C14H18FNO/c1-3-7-12(10-11(2)15)14(17)16-13-8-5-4-6-9-13/h3,5,7-8,10,13H,2,4,6,9H2,1H3,(H,16,17)/b7-3-,12-10+. The van der Waals surface area contributed by atoms with Crippen LogP contribution in [0.25, 0.3) is 0 Å². The number of hydrogen-bond donors (Lipinski definition) is 1. The number of carbonyl (C=O) groups excluding carboxylic acids is 1. The fourth-order valence-corrected chi connectivity index (χ4v) is 1.72. The van der Waals surface area contributed by atoms with E-state index in [4.69, 9.17) is 0 Å². The Morgan fingerprint density at radius 3 is 2.88 bits per heavy atom. The summed E-state index contributed by atoms with van der Waals surface area (Å²) in [5, 5.41) is 2.86. The second kappa shape index (κ2) is 6.84. The lowest BCUT2D eigenvalue weighted by Crippen LogP contribution is -2.34. The molecular formula is C14H18FNO. The van der Waals surface area contributed by atoms with Gasteiger partial charge in [-0.1, -0.05) is 30.9 Å². The first-order chi connectivity index (χ1) is 8.13. The Labute approximate surface area is 102 Å². The number of halogens is 1. The van der Waals surface area contributed by atoms with Crippen LogP contribution in [0.2, 0.25) is 0 Å². The molecule has 1 aliphatic rings. The van der Waals surface area contributed by atoms with Crippen LogP contribution in [0.3, 0.4) is 0 Å². The van der Waals surface area contributed by atoms with E-state index in [0.29, 0.717) is 5.57 Å². The van der Waals surface area contributed by atoms with Crippen LogP contribution < -0.4 is 5.32 Å². The normalized spacial score (nSPS) is 20.6. The number of rotatable bonds is 4. The van der Waals surface area contributed by atoms with Crippen molar-refractivity contribution >= 4 is 5.91 Å². The average Bonchev–Trinajstić information content (AvgIpc) is 2.29. The van der Waals surface area contributed by atoms with Crippen molar-refractivity contribution in [3.8, 4) is 0 Å². The van der Waals surface area contributed by atoms with Crippen molar-refractivity contribution in [1.29, 1.82) is 0 Å². The van der Waals surface area contributed by atoms with Gasteiger partial charge in [0.15, 0.2) is 0 Å². The maximum Gasteiger partial charge on any atom is 0.251 e. The van der Waals surface area contributed by atoms with Crippen LogP contribution in [0.4, 0.5) is 4.39 Å². The molecular weight excluding hydrogens is 217 g/mol. The van der Waals surface area contributed by atoms with Crippen LogP contribution >= 0.6 is 0 Å². The van der Waals surface area contributed by atoms with E-state index in [1.165, 1.54) is 0 Å². The van der Waals surface area contributed by atoms with Gasteiger partial charge in [0.2, 0.25) is 0 Å². The number of carbonyl (C=O) groups is 1. The molecule has 0 aliphatic heterocycles. The minimum Gasteiger partial charge on any atom is -0.346 e. The smallest absolute Gasteiger partial charge is 0.251 e. The average molecular weight is 235 g/mol. The van der Waals surface area contributed by atoms with Gasteiger partial charge in [0.1, 0.15) is 5.83 Å². The molecule has 1 aliphatic carbocycles. The number of amides is 1. The summed E-state index contributed by atoms with van der Waals surface area (Å²) in [4.78, 5) is 11.9. The van der Waals surface area contributed by atoms with E-state index in [1.807, 2.05) is 6.08 Å². The third kappa shape index (κ3) is 4.81. The summed E-state index contributed by atoms with van der Waals surface area (Å²) in [6.07, 6.45) is 11.5. The molecule has 1 unspecified atom stereocenters. The van der Waals surface area contributed by atoms with Crippen molar-refractivity contribution in [3.63, 3.8) is 0 Å². The summed E-state index contributed by atoms with van der Waals surface area (Å²) in [6, 6.07) is 0.0535. The highest BCUT2D eigenvalue weighted by Crippen LogP contribution is 2.11. The molecule has 0 aromatic rings. The van der Waals surface area contributed by atoms with Gasteiger partial charge in [-0.05, 0) is 32.3 Å². The molecule has 0 heterocycles. The Morgan fingerprint density at radius 2 is 2.35 bits per heavy atom. The van der Waals surface area contributed by atoms with E-state index in [0.717, 1.165) is 25.3 Å². The number of nitrogens with one attached hydrogen (secondary N) is 1. The molecule has 0 bridgehead atoms. The summed E-state index contributed by atoms with van der Waals surface area (Å²) in [7, 11) is 0. The van der Waals surface area contributed by atoms with Crippen LogP contribution in [0.15, 0.2) is 48.4 Å². The van der Waals surface area contributed by atoms with Crippen LogP contribution in [-0.2, 0) is 4.79 Å². The first-order valence-electron chi connectivity index (χ1n) is 5.80. The number of allylic oxidation sites excluding steroid dienone is 4. The van der Waals surface area contributed by atoms with Crippen LogP contribution in [-0.4, -0.2) is 11.9 Å². The Hall–Kier alpha value is -1.64. The van der Waals surface area contributed by atoms with Crippen LogP contribution in [0.5, 0.6) is 0 Å². The largest absolute Gasteiger partial charge is 0.346 e. The molecule has 1 rings (SSSR count). The molecule has 0 aromatic carbocycles. The van der Waals surface area contributed by atoms with Crippen molar-refractivity contribution in [3.05, 3.63) is 48.4 Å². The van der Waals surface area contributed by atoms with Crippen LogP contribution in [0, 0.1) is 0 Å². The first-order valence-corrected chi connectivity index (χ1v) is 5.80. The second-order valence-electron chi connectivity index (χ2n) is 3.99. The Bertz CT molecular complexity index is 380. The Balaban J connectivity index is 2.68. The summed E-state index contributed by atoms with van der Waals surface area (Å²) in [5.41, 5.74) is 0.291. The van der Waals surface area contributed by atoms with E-state index >= 15 is 0 Å². The maximum absolute atomic E-state index is 12.7. The Kier molecular flexibility index (Phi) is 5.40. The van der Waals surface area contributed by atoms with Crippen molar-refractivity contribution in [1.82, 2.24) is 5.32 Å². The molecule has 0 radical (unpaired) electrons. The van der Waals surface area contributed by atoms with E-state index in [-0.39, 0.29) is 11.9 Å². The third-order valence-corrected chi connectivity index (χ3v) is 2.49. The van der Waals surface area contributed by atoms with Gasteiger partial charge >= 0.3 is 0 Å². The molecule has 0 fully saturated rings. The van der Waals surface area contributed by atoms with Gasteiger partial charge in [-0.25, -0.2) is 4.39 Å². The summed E-state index contributed by atoms with van der Waals surface area (Å²) >= 11 is 0. The Morgan fingerprint density at radius 1 is 1.59 bits per heavy atom. The van der Waals surface area contributed by atoms with Gasteiger partial charge in [0, 0.05) is 11.6 Å². The van der Waals surface area contributed by atoms with Gasteiger partial charge in [-0.3, -0.25) is 4.79 Å². The third-order valence-electron chi connectivity index (χ3n) is 2.49. The van der Waals surface area contributed by atoms with E-state index in [1.54, 1.807) is 19.1 Å². The lowest BCUT2D eigenvalue weighted by atomic mass is 10.0. The van der Waals surface area contributed by atoms with Gasteiger partial charge in [-0.15, -0.1) is 0 Å². The molecule has 92 valence electrons. The molecule has 0 saturated carbocycles. The van der Waals surface area contributed by atoms with Crippen molar-refractivity contribution < 1.29 is 9.18 Å². The van der Waals surface area contributed by atoms with E-state index in [9.17, 15) is 9.18 Å². The summed E-state index contributed by atoms with van der Waals surface area (Å²) in [6.45, 7) is 4.92. The minimum atomic E-state index is -0.618. The van der Waals surface area contributed by atoms with Crippen LogP contribution in [0.1, 0.15) is 26.2 Å². The zero-order chi connectivity index (χ0) is 12.7.